The monoisotopic (exact) mass is 336 g/mol. The van der Waals surface area contributed by atoms with Crippen molar-refractivity contribution in [2.24, 2.45) is 0 Å². The first-order valence-corrected chi connectivity index (χ1v) is 6.81. The van der Waals surface area contributed by atoms with E-state index in [-0.39, 0.29) is 32.7 Å². The van der Waals surface area contributed by atoms with Crippen LogP contribution in [0, 0.1) is 0 Å². The van der Waals surface area contributed by atoms with Crippen molar-refractivity contribution < 1.29 is 48.3 Å². The summed E-state index contributed by atoms with van der Waals surface area (Å²) in [5.74, 6) is -2.67. The summed E-state index contributed by atoms with van der Waals surface area (Å²) >= 11 is 0. The lowest BCUT2D eigenvalue weighted by Gasteiger charge is -2.12. The minimum atomic E-state index is -1.47. The highest BCUT2D eigenvalue weighted by Crippen LogP contribution is 2.00. The summed E-state index contributed by atoms with van der Waals surface area (Å²) in [7, 11) is 0. The van der Waals surface area contributed by atoms with E-state index >= 15 is 0 Å². The number of carbonyl (C=O) groups excluding carboxylic acids is 4. The van der Waals surface area contributed by atoms with Gasteiger partial charge in [-0.15, -0.1) is 0 Å². The third-order valence-electron chi connectivity index (χ3n) is 2.25. The van der Waals surface area contributed by atoms with E-state index in [1.54, 1.807) is 0 Å². The molecule has 23 heavy (non-hydrogen) atoms. The van der Waals surface area contributed by atoms with E-state index in [1.807, 2.05) is 0 Å². The van der Waals surface area contributed by atoms with Crippen LogP contribution in [0.3, 0.4) is 0 Å². The summed E-state index contributed by atoms with van der Waals surface area (Å²) in [6.45, 7) is 1.52. The van der Waals surface area contributed by atoms with Gasteiger partial charge in [0, 0.05) is 13.0 Å². The van der Waals surface area contributed by atoms with Crippen LogP contribution in [-0.2, 0) is 33.3 Å². The summed E-state index contributed by atoms with van der Waals surface area (Å²) in [6.07, 6.45) is -3.76. The maximum Gasteiger partial charge on any atom is 0.516 e. The first-order valence-electron chi connectivity index (χ1n) is 6.81. The molecule has 0 aromatic carbocycles. The highest BCUT2D eigenvalue weighted by Gasteiger charge is 2.20. The van der Waals surface area contributed by atoms with E-state index in [2.05, 4.69) is 14.2 Å². The smallest absolute Gasteiger partial charge is 0.459 e. The topological polar surface area (TPSA) is 146 Å². The molecule has 0 spiro atoms. The summed E-state index contributed by atoms with van der Waals surface area (Å²) in [6, 6.07) is 0. The lowest BCUT2D eigenvalue weighted by molar-refractivity contribution is -0.167. The number of hydrogen-bond acceptors (Lipinski definition) is 10. The Bertz CT molecular complexity index is 417. The lowest BCUT2D eigenvalue weighted by atomic mass is 10.3. The quantitative estimate of drug-likeness (QED) is 0.240. The Kier molecular flexibility index (Phi) is 10.3. The standard InChI is InChI=1S/C13H20O10/c1-8(15)11(17)23-13(19)21-7-6-20-12(18)9(2)22-10(16)4-3-5-14/h8-9,14-15H,3-7H2,1-2H3. The SMILES string of the molecule is CC(O)C(=O)OC(=O)OCCOC(=O)C(C)OC(=O)CCCO. The van der Waals surface area contributed by atoms with Crippen LogP contribution >= 0.6 is 0 Å². The van der Waals surface area contributed by atoms with Gasteiger partial charge in [0.1, 0.15) is 19.3 Å². The molecule has 132 valence electrons. The molecular weight excluding hydrogens is 316 g/mol. The van der Waals surface area contributed by atoms with E-state index in [0.717, 1.165) is 6.92 Å². The van der Waals surface area contributed by atoms with Gasteiger partial charge in [0.25, 0.3) is 0 Å². The number of aliphatic hydroxyl groups excluding tert-OH is 2. The number of carbonyl (C=O) groups is 4. The largest absolute Gasteiger partial charge is 0.516 e. The van der Waals surface area contributed by atoms with Gasteiger partial charge in [-0.05, 0) is 20.3 Å². The number of aliphatic hydroxyl groups is 2. The van der Waals surface area contributed by atoms with E-state index in [0.29, 0.717) is 0 Å². The van der Waals surface area contributed by atoms with Crippen LogP contribution < -0.4 is 0 Å². The molecule has 2 N–H and O–H groups in total. The third-order valence-corrected chi connectivity index (χ3v) is 2.25. The minimum Gasteiger partial charge on any atom is -0.459 e. The number of hydrogen-bond donors (Lipinski definition) is 2. The zero-order chi connectivity index (χ0) is 17.8. The third kappa shape index (κ3) is 10.2. The Labute approximate surface area is 132 Å². The first-order chi connectivity index (χ1) is 10.8. The van der Waals surface area contributed by atoms with Crippen LogP contribution in [0.4, 0.5) is 4.79 Å². The Hall–Kier alpha value is -2.20. The fraction of sp³-hybridized carbons (Fsp3) is 0.692. The molecule has 0 rings (SSSR count). The van der Waals surface area contributed by atoms with Crippen LogP contribution in [-0.4, -0.2) is 66.3 Å². The summed E-state index contributed by atoms with van der Waals surface area (Å²) in [4.78, 5) is 44.5. The maximum atomic E-state index is 11.5. The molecule has 10 heteroatoms. The van der Waals surface area contributed by atoms with E-state index in [4.69, 9.17) is 14.9 Å². The van der Waals surface area contributed by atoms with Crippen molar-refractivity contribution in [3.63, 3.8) is 0 Å². The molecule has 0 bridgehead atoms. The van der Waals surface area contributed by atoms with Crippen molar-refractivity contribution in [1.29, 1.82) is 0 Å². The molecule has 0 aliphatic heterocycles. The number of esters is 3. The molecule has 0 saturated carbocycles. The molecule has 0 saturated heterocycles. The van der Waals surface area contributed by atoms with Gasteiger partial charge < -0.3 is 29.2 Å². The molecular formula is C13H20O10. The van der Waals surface area contributed by atoms with Crippen LogP contribution in [0.5, 0.6) is 0 Å². The van der Waals surface area contributed by atoms with Gasteiger partial charge in [-0.25, -0.2) is 14.4 Å². The second kappa shape index (κ2) is 11.4. The number of rotatable bonds is 9. The lowest BCUT2D eigenvalue weighted by Crippen LogP contribution is -2.28. The molecule has 0 aliphatic rings. The highest BCUT2D eigenvalue weighted by molar-refractivity contribution is 5.84. The Morgan fingerprint density at radius 3 is 2.17 bits per heavy atom. The van der Waals surface area contributed by atoms with E-state index in [9.17, 15) is 19.2 Å². The Morgan fingerprint density at radius 1 is 1.00 bits per heavy atom. The van der Waals surface area contributed by atoms with Crippen LogP contribution in [0.25, 0.3) is 0 Å². The molecule has 2 atom stereocenters. The molecule has 10 nitrogen and oxygen atoms in total. The summed E-state index contributed by atoms with van der Waals surface area (Å²) in [5.41, 5.74) is 0. The van der Waals surface area contributed by atoms with Crippen LogP contribution in [0.2, 0.25) is 0 Å². The van der Waals surface area contributed by atoms with Crippen molar-refractivity contribution in [2.45, 2.75) is 38.9 Å². The van der Waals surface area contributed by atoms with Crippen molar-refractivity contribution in [2.75, 3.05) is 19.8 Å². The van der Waals surface area contributed by atoms with Gasteiger partial charge >= 0.3 is 24.1 Å². The van der Waals surface area contributed by atoms with Crippen molar-refractivity contribution >= 4 is 24.1 Å². The van der Waals surface area contributed by atoms with E-state index in [1.165, 1.54) is 6.92 Å². The first kappa shape index (κ1) is 20.8. The molecule has 0 aromatic rings. The molecule has 0 radical (unpaired) electrons. The average Bonchev–Trinajstić information content (AvgIpc) is 2.48. The summed E-state index contributed by atoms with van der Waals surface area (Å²) < 4.78 is 17.9. The molecule has 0 fully saturated rings. The predicted octanol–water partition coefficient (Wildman–Crippen LogP) is -0.706. The fourth-order valence-electron chi connectivity index (χ4n) is 1.11. The van der Waals surface area contributed by atoms with Gasteiger partial charge in [0.05, 0.1) is 0 Å². The average molecular weight is 336 g/mol. The second-order valence-corrected chi connectivity index (χ2v) is 4.32. The van der Waals surface area contributed by atoms with Crippen LogP contribution in [0.1, 0.15) is 26.7 Å². The Morgan fingerprint density at radius 2 is 1.61 bits per heavy atom. The normalized spacial score (nSPS) is 12.7. The van der Waals surface area contributed by atoms with Gasteiger partial charge in [0.2, 0.25) is 0 Å². The minimum absolute atomic E-state index is 0.0274. The molecule has 0 aromatic heterocycles. The van der Waals surface area contributed by atoms with Crippen molar-refractivity contribution in [1.82, 2.24) is 0 Å². The predicted molar refractivity (Wildman–Crippen MR) is 72.0 cm³/mol. The molecule has 2 unspecified atom stereocenters. The van der Waals surface area contributed by atoms with E-state index < -0.39 is 36.3 Å². The number of ether oxygens (including phenoxy) is 4. The van der Waals surface area contributed by atoms with Crippen LogP contribution in [0.15, 0.2) is 0 Å². The zero-order valence-corrected chi connectivity index (χ0v) is 12.9. The molecule has 0 amide bonds. The summed E-state index contributed by atoms with van der Waals surface area (Å²) in [5, 5.41) is 17.3. The van der Waals surface area contributed by atoms with Gasteiger partial charge in [-0.1, -0.05) is 0 Å². The molecule has 0 aliphatic carbocycles. The second-order valence-electron chi connectivity index (χ2n) is 4.32. The van der Waals surface area contributed by atoms with Gasteiger partial charge in [-0.3, -0.25) is 4.79 Å². The van der Waals surface area contributed by atoms with Crippen molar-refractivity contribution in [3.8, 4) is 0 Å². The highest BCUT2D eigenvalue weighted by atomic mass is 16.7. The van der Waals surface area contributed by atoms with Gasteiger partial charge in [-0.2, -0.15) is 0 Å². The van der Waals surface area contributed by atoms with Gasteiger partial charge in [0.15, 0.2) is 6.10 Å². The zero-order valence-electron chi connectivity index (χ0n) is 12.9. The maximum absolute atomic E-state index is 11.5. The fourth-order valence-corrected chi connectivity index (χ4v) is 1.11. The molecule has 0 heterocycles. The van der Waals surface area contributed by atoms with Crippen molar-refractivity contribution in [3.05, 3.63) is 0 Å². The Balaban J connectivity index is 3.87.